The van der Waals surface area contributed by atoms with Crippen LogP contribution in [0.2, 0.25) is 0 Å². The van der Waals surface area contributed by atoms with Crippen molar-refractivity contribution in [1.29, 1.82) is 0 Å². The fraction of sp³-hybridized carbons (Fsp3) is 0.257. The molecule has 5 rings (SSSR count). The van der Waals surface area contributed by atoms with Gasteiger partial charge in [0, 0.05) is 32.6 Å². The van der Waals surface area contributed by atoms with Crippen molar-refractivity contribution in [3.63, 3.8) is 0 Å². The van der Waals surface area contributed by atoms with Gasteiger partial charge in [0.25, 0.3) is 0 Å². The smallest absolute Gasteiger partial charge is 0.247 e. The number of carbonyl (C=O) groups is 2. The zero-order valence-corrected chi connectivity index (χ0v) is 25.3. The molecule has 1 aliphatic rings. The Balaban J connectivity index is 1.37. The standard InChI is InChI=1S/C35H36FN3O4S/c36-31-18-13-29(14-19-31)26-39(34(30-11-5-2-6-12-30)35(41)37-25-28-9-3-1-4-10-28)33(40)22-17-27-15-20-32(21-16-27)44(42,43)38-23-7-8-24-38/h1-6,9-16,18-21,34H,7-8,17,22-26H2,(H,37,41)/t34-/m0/s1. The summed E-state index contributed by atoms with van der Waals surface area (Å²) >= 11 is 0. The molecule has 0 unspecified atom stereocenters. The molecule has 1 atom stereocenters. The fourth-order valence-corrected chi connectivity index (χ4v) is 6.92. The molecule has 0 aliphatic carbocycles. The van der Waals surface area contributed by atoms with Crippen molar-refractivity contribution in [2.75, 3.05) is 13.1 Å². The quantitative estimate of drug-likeness (QED) is 0.225. The molecule has 4 aromatic carbocycles. The SMILES string of the molecule is O=C(NCc1ccccc1)[C@H](c1ccccc1)N(Cc1ccc(F)cc1)C(=O)CCc1ccc(S(=O)(=O)N2CCCC2)cc1. The first-order chi connectivity index (χ1) is 21.3. The first kappa shape index (κ1) is 31.1. The van der Waals surface area contributed by atoms with Crippen molar-refractivity contribution in [1.82, 2.24) is 14.5 Å². The summed E-state index contributed by atoms with van der Waals surface area (Å²) in [5.41, 5.74) is 3.09. The molecule has 1 heterocycles. The van der Waals surface area contributed by atoms with E-state index in [-0.39, 0.29) is 35.5 Å². The average molecular weight is 614 g/mol. The molecule has 0 spiro atoms. The molecule has 9 heteroatoms. The molecule has 44 heavy (non-hydrogen) atoms. The molecule has 1 saturated heterocycles. The highest BCUT2D eigenvalue weighted by Gasteiger charge is 2.31. The third kappa shape index (κ3) is 7.78. The number of hydrogen-bond donors (Lipinski definition) is 1. The van der Waals surface area contributed by atoms with Gasteiger partial charge in [-0.3, -0.25) is 9.59 Å². The van der Waals surface area contributed by atoms with Crippen molar-refractivity contribution in [2.45, 2.75) is 49.7 Å². The third-order valence-electron chi connectivity index (χ3n) is 7.83. The summed E-state index contributed by atoms with van der Waals surface area (Å²) in [6, 6.07) is 30.3. The highest BCUT2D eigenvalue weighted by atomic mass is 32.2. The second kappa shape index (κ2) is 14.4. The van der Waals surface area contributed by atoms with E-state index in [2.05, 4.69) is 5.32 Å². The summed E-state index contributed by atoms with van der Waals surface area (Å²) < 4.78 is 41.0. The van der Waals surface area contributed by atoms with Crippen LogP contribution in [0.1, 0.15) is 47.6 Å². The van der Waals surface area contributed by atoms with E-state index in [0.29, 0.717) is 37.2 Å². The minimum Gasteiger partial charge on any atom is -0.350 e. The van der Waals surface area contributed by atoms with Crippen LogP contribution in [0.3, 0.4) is 0 Å². The Morgan fingerprint density at radius 3 is 2.00 bits per heavy atom. The van der Waals surface area contributed by atoms with E-state index >= 15 is 0 Å². The lowest BCUT2D eigenvalue weighted by Gasteiger charge is -2.32. The molecule has 2 amide bonds. The predicted molar refractivity (Wildman–Crippen MR) is 167 cm³/mol. The molecular formula is C35H36FN3O4S. The predicted octanol–water partition coefficient (Wildman–Crippen LogP) is 5.63. The molecule has 4 aromatic rings. The maximum atomic E-state index is 14.0. The third-order valence-corrected chi connectivity index (χ3v) is 9.74. The number of benzene rings is 4. The highest BCUT2D eigenvalue weighted by Crippen LogP contribution is 2.26. The van der Waals surface area contributed by atoms with E-state index in [1.54, 1.807) is 36.4 Å². The summed E-state index contributed by atoms with van der Waals surface area (Å²) in [5.74, 6) is -0.971. The molecule has 1 fully saturated rings. The minimum atomic E-state index is -3.53. The number of nitrogens with one attached hydrogen (secondary N) is 1. The lowest BCUT2D eigenvalue weighted by atomic mass is 10.0. The van der Waals surface area contributed by atoms with Crippen LogP contribution in [0.15, 0.2) is 114 Å². The van der Waals surface area contributed by atoms with Crippen molar-refractivity contribution in [3.05, 3.63) is 137 Å². The van der Waals surface area contributed by atoms with Crippen LogP contribution in [0.5, 0.6) is 0 Å². The summed E-state index contributed by atoms with van der Waals surface area (Å²) in [6.07, 6.45) is 2.18. The maximum absolute atomic E-state index is 14.0. The summed E-state index contributed by atoms with van der Waals surface area (Å²) in [5, 5.41) is 2.99. The number of aryl methyl sites for hydroxylation is 1. The molecular weight excluding hydrogens is 577 g/mol. The number of hydrogen-bond acceptors (Lipinski definition) is 4. The van der Waals surface area contributed by atoms with Gasteiger partial charge in [-0.25, -0.2) is 12.8 Å². The van der Waals surface area contributed by atoms with Gasteiger partial charge in [-0.2, -0.15) is 4.31 Å². The molecule has 0 aromatic heterocycles. The normalized spacial score (nSPS) is 14.2. The van der Waals surface area contributed by atoms with Crippen molar-refractivity contribution < 1.29 is 22.4 Å². The second-order valence-corrected chi connectivity index (χ2v) is 12.9. The minimum absolute atomic E-state index is 0.0920. The lowest BCUT2D eigenvalue weighted by molar-refractivity contribution is -0.141. The number of amides is 2. The zero-order chi connectivity index (χ0) is 30.9. The lowest BCUT2D eigenvalue weighted by Crippen LogP contribution is -2.43. The molecule has 0 radical (unpaired) electrons. The first-order valence-corrected chi connectivity index (χ1v) is 16.2. The number of sulfonamides is 1. The molecule has 0 bridgehead atoms. The topological polar surface area (TPSA) is 86.8 Å². The van der Waals surface area contributed by atoms with Crippen LogP contribution >= 0.6 is 0 Å². The maximum Gasteiger partial charge on any atom is 0.247 e. The van der Waals surface area contributed by atoms with Gasteiger partial charge < -0.3 is 10.2 Å². The molecule has 1 N–H and O–H groups in total. The Kier molecular flexibility index (Phi) is 10.2. The number of rotatable bonds is 12. The van der Waals surface area contributed by atoms with Crippen LogP contribution in [0.4, 0.5) is 4.39 Å². The van der Waals surface area contributed by atoms with Gasteiger partial charge in [0.1, 0.15) is 11.9 Å². The average Bonchev–Trinajstić information content (AvgIpc) is 3.61. The fourth-order valence-electron chi connectivity index (χ4n) is 5.40. The Bertz CT molecular complexity index is 1640. The van der Waals surface area contributed by atoms with E-state index in [1.807, 2.05) is 60.7 Å². The summed E-state index contributed by atoms with van der Waals surface area (Å²) in [7, 11) is -3.53. The zero-order valence-electron chi connectivity index (χ0n) is 24.4. The van der Waals surface area contributed by atoms with Crippen LogP contribution < -0.4 is 5.32 Å². The van der Waals surface area contributed by atoms with Crippen LogP contribution in [0.25, 0.3) is 0 Å². The van der Waals surface area contributed by atoms with E-state index in [9.17, 15) is 22.4 Å². The Labute approximate surface area is 258 Å². The summed E-state index contributed by atoms with van der Waals surface area (Å²) in [4.78, 5) is 29.5. The number of carbonyl (C=O) groups excluding carboxylic acids is 2. The van der Waals surface area contributed by atoms with Gasteiger partial charge in [-0.1, -0.05) is 84.9 Å². The van der Waals surface area contributed by atoms with Gasteiger partial charge in [0.2, 0.25) is 21.8 Å². The molecule has 7 nitrogen and oxygen atoms in total. The van der Waals surface area contributed by atoms with E-state index in [4.69, 9.17) is 0 Å². The van der Waals surface area contributed by atoms with E-state index in [1.165, 1.54) is 21.3 Å². The Morgan fingerprint density at radius 1 is 0.773 bits per heavy atom. The number of halogens is 1. The molecule has 1 aliphatic heterocycles. The largest absolute Gasteiger partial charge is 0.350 e. The summed E-state index contributed by atoms with van der Waals surface area (Å²) in [6.45, 7) is 1.46. The monoisotopic (exact) mass is 613 g/mol. The van der Waals surface area contributed by atoms with E-state index in [0.717, 1.165) is 24.0 Å². The highest BCUT2D eigenvalue weighted by molar-refractivity contribution is 7.89. The number of nitrogens with zero attached hydrogens (tertiary/aromatic N) is 2. The van der Waals surface area contributed by atoms with Gasteiger partial charge in [-0.15, -0.1) is 0 Å². The Hall–Kier alpha value is -4.34. The van der Waals surface area contributed by atoms with Crippen LogP contribution in [0, 0.1) is 5.82 Å². The second-order valence-electron chi connectivity index (χ2n) is 10.9. The van der Waals surface area contributed by atoms with Gasteiger partial charge in [0.05, 0.1) is 4.90 Å². The van der Waals surface area contributed by atoms with Crippen LogP contribution in [-0.2, 0) is 39.1 Å². The van der Waals surface area contributed by atoms with Crippen molar-refractivity contribution in [3.8, 4) is 0 Å². The van der Waals surface area contributed by atoms with Gasteiger partial charge >= 0.3 is 0 Å². The van der Waals surface area contributed by atoms with Crippen molar-refractivity contribution in [2.24, 2.45) is 0 Å². The Morgan fingerprint density at radius 2 is 1.36 bits per heavy atom. The van der Waals surface area contributed by atoms with Gasteiger partial charge in [0.15, 0.2) is 0 Å². The van der Waals surface area contributed by atoms with E-state index < -0.39 is 16.1 Å². The first-order valence-electron chi connectivity index (χ1n) is 14.8. The van der Waals surface area contributed by atoms with Gasteiger partial charge in [-0.05, 0) is 65.8 Å². The molecule has 228 valence electrons. The van der Waals surface area contributed by atoms with Crippen LogP contribution in [-0.4, -0.2) is 42.5 Å². The van der Waals surface area contributed by atoms with Crippen molar-refractivity contribution >= 4 is 21.8 Å². The molecule has 0 saturated carbocycles.